The van der Waals surface area contributed by atoms with E-state index in [2.05, 4.69) is 31.9 Å². The maximum atomic E-state index is 13.6. The highest BCUT2D eigenvalue weighted by Gasteiger charge is 2.11. The molecule has 2 nitrogen and oxygen atoms in total. The van der Waals surface area contributed by atoms with Gasteiger partial charge in [0.25, 0.3) is 0 Å². The number of hydrogen-bond donors (Lipinski definition) is 1. The number of nitrogen functional groups attached to an aromatic ring is 1. The second kappa shape index (κ2) is 5.92. The van der Waals surface area contributed by atoms with Crippen molar-refractivity contribution in [2.45, 2.75) is 6.54 Å². The van der Waals surface area contributed by atoms with Crippen molar-refractivity contribution in [3.8, 4) is 0 Å². The number of rotatable bonds is 3. The number of nitrogens with zero attached hydrogens (tertiary/aromatic N) is 1. The third kappa shape index (κ3) is 3.28. The molecule has 0 radical (unpaired) electrons. The minimum atomic E-state index is -0.317. The van der Waals surface area contributed by atoms with Crippen molar-refractivity contribution in [2.75, 3.05) is 17.7 Å². The fourth-order valence-corrected chi connectivity index (χ4v) is 2.62. The Kier molecular flexibility index (Phi) is 4.47. The van der Waals surface area contributed by atoms with E-state index in [1.807, 2.05) is 36.2 Å². The highest BCUT2D eigenvalue weighted by atomic mass is 79.9. The maximum Gasteiger partial charge on any atom is 0.139 e. The van der Waals surface area contributed by atoms with E-state index >= 15 is 0 Å². The molecule has 19 heavy (non-hydrogen) atoms. The van der Waals surface area contributed by atoms with E-state index < -0.39 is 0 Å². The van der Waals surface area contributed by atoms with E-state index in [9.17, 15) is 4.39 Å². The van der Waals surface area contributed by atoms with Crippen molar-refractivity contribution < 1.29 is 4.39 Å². The first-order valence-corrected chi connectivity index (χ1v) is 7.26. The van der Waals surface area contributed by atoms with Crippen molar-refractivity contribution in [1.29, 1.82) is 0 Å². The Morgan fingerprint density at radius 3 is 2.53 bits per heavy atom. The fraction of sp³-hybridized carbons (Fsp3) is 0.143. The van der Waals surface area contributed by atoms with Gasteiger partial charge >= 0.3 is 0 Å². The van der Waals surface area contributed by atoms with Gasteiger partial charge in [-0.1, -0.05) is 34.1 Å². The molecule has 0 aliphatic heterocycles. The molecule has 0 aromatic heterocycles. The highest BCUT2D eigenvalue weighted by Crippen LogP contribution is 2.30. The Morgan fingerprint density at radius 2 is 1.84 bits per heavy atom. The van der Waals surface area contributed by atoms with Gasteiger partial charge < -0.3 is 10.6 Å². The zero-order valence-electron chi connectivity index (χ0n) is 10.3. The van der Waals surface area contributed by atoms with Crippen LogP contribution in [-0.2, 0) is 6.54 Å². The summed E-state index contributed by atoms with van der Waals surface area (Å²) in [5.41, 5.74) is 8.27. The van der Waals surface area contributed by atoms with Crippen LogP contribution in [0.2, 0.25) is 0 Å². The molecule has 2 aromatic carbocycles. The predicted molar refractivity (Wildman–Crippen MR) is 84.8 cm³/mol. The van der Waals surface area contributed by atoms with Gasteiger partial charge in [0.05, 0.1) is 15.8 Å². The Balaban J connectivity index is 2.28. The molecular weight excluding hydrogens is 375 g/mol. The second-order valence-electron chi connectivity index (χ2n) is 4.27. The first-order valence-electron chi connectivity index (χ1n) is 5.68. The fourth-order valence-electron chi connectivity index (χ4n) is 1.85. The molecule has 5 heteroatoms. The van der Waals surface area contributed by atoms with Crippen LogP contribution in [-0.4, -0.2) is 7.05 Å². The molecular formula is C14H13Br2FN2. The molecule has 0 heterocycles. The van der Waals surface area contributed by atoms with Gasteiger partial charge in [-0.05, 0) is 33.6 Å². The van der Waals surface area contributed by atoms with Crippen molar-refractivity contribution in [3.63, 3.8) is 0 Å². The van der Waals surface area contributed by atoms with Gasteiger partial charge in [0.15, 0.2) is 0 Å². The van der Waals surface area contributed by atoms with Crippen LogP contribution in [0.5, 0.6) is 0 Å². The number of nitrogens with two attached hydrogens (primary N) is 1. The van der Waals surface area contributed by atoms with Gasteiger partial charge in [-0.3, -0.25) is 0 Å². The lowest BCUT2D eigenvalue weighted by atomic mass is 10.2. The monoisotopic (exact) mass is 386 g/mol. The van der Waals surface area contributed by atoms with E-state index in [-0.39, 0.29) is 5.82 Å². The number of benzene rings is 2. The van der Waals surface area contributed by atoms with E-state index in [4.69, 9.17) is 5.73 Å². The molecule has 0 spiro atoms. The molecule has 2 N–H and O–H groups in total. The van der Waals surface area contributed by atoms with Crippen LogP contribution in [0.15, 0.2) is 45.3 Å². The lowest BCUT2D eigenvalue weighted by molar-refractivity contribution is 0.620. The average molecular weight is 388 g/mol. The van der Waals surface area contributed by atoms with Gasteiger partial charge in [0, 0.05) is 24.1 Å². The zero-order valence-corrected chi connectivity index (χ0v) is 13.5. The zero-order chi connectivity index (χ0) is 14.0. The minimum absolute atomic E-state index is 0.317. The molecule has 0 amide bonds. The van der Waals surface area contributed by atoms with E-state index in [0.717, 1.165) is 10.0 Å². The standard InChI is InChI=1S/C14H13Br2FN2/c1-19(8-9-4-2-3-5-10(9)15)14-7-12(17)11(16)6-13(14)18/h2-7H,8,18H2,1H3. The summed E-state index contributed by atoms with van der Waals surface area (Å²) in [7, 11) is 1.89. The summed E-state index contributed by atoms with van der Waals surface area (Å²) in [5, 5.41) is 0. The lowest BCUT2D eigenvalue weighted by Crippen LogP contribution is -2.18. The van der Waals surface area contributed by atoms with Crippen LogP contribution in [0.4, 0.5) is 15.8 Å². The Bertz CT molecular complexity index is 602. The summed E-state index contributed by atoms with van der Waals surface area (Å²) in [6.45, 7) is 0.646. The lowest BCUT2D eigenvalue weighted by Gasteiger charge is -2.22. The van der Waals surface area contributed by atoms with E-state index in [0.29, 0.717) is 22.4 Å². The summed E-state index contributed by atoms with van der Waals surface area (Å²) in [6, 6.07) is 11.0. The Morgan fingerprint density at radius 1 is 1.16 bits per heavy atom. The second-order valence-corrected chi connectivity index (χ2v) is 5.98. The Labute approximate surface area is 128 Å². The molecule has 100 valence electrons. The molecule has 0 saturated heterocycles. The minimum Gasteiger partial charge on any atom is -0.397 e. The van der Waals surface area contributed by atoms with Crippen LogP contribution in [0.3, 0.4) is 0 Å². The predicted octanol–water partition coefficient (Wildman–Crippen LogP) is 4.57. The van der Waals surface area contributed by atoms with Crippen molar-refractivity contribution >= 4 is 43.2 Å². The normalized spacial score (nSPS) is 10.5. The van der Waals surface area contributed by atoms with E-state index in [1.165, 1.54) is 6.07 Å². The first-order chi connectivity index (χ1) is 8.99. The van der Waals surface area contributed by atoms with Crippen LogP contribution in [0.1, 0.15) is 5.56 Å². The maximum absolute atomic E-state index is 13.6. The summed E-state index contributed by atoms with van der Waals surface area (Å²) < 4.78 is 15.0. The number of hydrogen-bond acceptors (Lipinski definition) is 2. The molecule has 2 rings (SSSR count). The number of halogens is 3. The molecule has 2 aromatic rings. The van der Waals surface area contributed by atoms with Crippen molar-refractivity contribution in [3.05, 3.63) is 56.7 Å². The quantitative estimate of drug-likeness (QED) is 0.781. The number of anilines is 2. The summed E-state index contributed by atoms with van der Waals surface area (Å²) in [4.78, 5) is 1.92. The largest absolute Gasteiger partial charge is 0.397 e. The molecule has 0 atom stereocenters. The van der Waals surface area contributed by atoms with Crippen LogP contribution >= 0.6 is 31.9 Å². The smallest absolute Gasteiger partial charge is 0.139 e. The van der Waals surface area contributed by atoms with Gasteiger partial charge in [-0.25, -0.2) is 4.39 Å². The molecule has 0 aliphatic rings. The average Bonchev–Trinajstić information content (AvgIpc) is 2.36. The molecule has 0 bridgehead atoms. The third-order valence-corrected chi connectivity index (χ3v) is 4.23. The van der Waals surface area contributed by atoms with Crippen LogP contribution in [0, 0.1) is 5.82 Å². The van der Waals surface area contributed by atoms with Crippen molar-refractivity contribution in [2.24, 2.45) is 0 Å². The molecule has 0 aliphatic carbocycles. The van der Waals surface area contributed by atoms with Gasteiger partial charge in [-0.2, -0.15) is 0 Å². The third-order valence-electron chi connectivity index (χ3n) is 2.85. The molecule has 0 saturated carbocycles. The van der Waals surface area contributed by atoms with Gasteiger partial charge in [0.1, 0.15) is 5.82 Å². The molecule has 0 unspecified atom stereocenters. The summed E-state index contributed by atoms with van der Waals surface area (Å²) in [5.74, 6) is -0.317. The highest BCUT2D eigenvalue weighted by molar-refractivity contribution is 9.10. The SMILES string of the molecule is CN(Cc1ccccc1Br)c1cc(F)c(Br)cc1N. The Hall–Kier alpha value is -1.07. The van der Waals surface area contributed by atoms with E-state index in [1.54, 1.807) is 6.07 Å². The van der Waals surface area contributed by atoms with Crippen LogP contribution < -0.4 is 10.6 Å². The molecule has 0 fully saturated rings. The van der Waals surface area contributed by atoms with Gasteiger partial charge in [-0.15, -0.1) is 0 Å². The topological polar surface area (TPSA) is 29.3 Å². The van der Waals surface area contributed by atoms with Crippen molar-refractivity contribution in [1.82, 2.24) is 0 Å². The van der Waals surface area contributed by atoms with Gasteiger partial charge in [0.2, 0.25) is 0 Å². The van der Waals surface area contributed by atoms with Crippen LogP contribution in [0.25, 0.3) is 0 Å². The first kappa shape index (κ1) is 14.3. The summed E-state index contributed by atoms with van der Waals surface area (Å²) >= 11 is 6.63. The summed E-state index contributed by atoms with van der Waals surface area (Å²) in [6.07, 6.45) is 0.